The number of carbonyl (C=O) groups is 2. The first-order valence-electron chi connectivity index (χ1n) is 12.3. The molecule has 1 N–H and O–H groups in total. The Morgan fingerprint density at radius 3 is 2.14 bits per heavy atom. The summed E-state index contributed by atoms with van der Waals surface area (Å²) in [5.74, 6) is -0.456. The number of likely N-dealkylation sites (N-methyl/N-ethyl adjacent to an activating group) is 1. The van der Waals surface area contributed by atoms with Gasteiger partial charge in [-0.15, -0.1) is 0 Å². The van der Waals surface area contributed by atoms with Gasteiger partial charge in [-0.05, 0) is 80.3 Å². The SMILES string of the molecule is CCN1CCN(CCCN2C(=S)N(c3ccc(Cl)cc3)C(=O)C2CC(=O)Nc2ccc(Cl)cc2)CC1. The normalized spacial score (nSPS) is 19.2. The number of halogens is 2. The van der Waals surface area contributed by atoms with Crippen molar-refractivity contribution in [3.05, 3.63) is 58.6 Å². The Balaban J connectivity index is 1.44. The highest BCUT2D eigenvalue weighted by Crippen LogP contribution is 2.29. The summed E-state index contributed by atoms with van der Waals surface area (Å²) in [7, 11) is 0. The van der Waals surface area contributed by atoms with Gasteiger partial charge in [0.15, 0.2) is 5.11 Å². The summed E-state index contributed by atoms with van der Waals surface area (Å²) >= 11 is 17.8. The molecule has 4 rings (SSSR count). The molecule has 2 heterocycles. The molecule has 0 bridgehead atoms. The van der Waals surface area contributed by atoms with E-state index in [0.717, 1.165) is 45.7 Å². The van der Waals surface area contributed by atoms with E-state index in [1.807, 2.05) is 4.90 Å². The number of nitrogens with one attached hydrogen (secondary N) is 1. The molecular weight excluding hydrogens is 517 g/mol. The second-order valence-corrected chi connectivity index (χ2v) is 10.3. The van der Waals surface area contributed by atoms with E-state index in [4.69, 9.17) is 35.4 Å². The summed E-state index contributed by atoms with van der Waals surface area (Å²) in [6, 6.07) is 13.2. The van der Waals surface area contributed by atoms with Gasteiger partial charge in [0, 0.05) is 48.5 Å². The van der Waals surface area contributed by atoms with Crippen molar-refractivity contribution in [1.82, 2.24) is 14.7 Å². The molecule has 2 aromatic carbocycles. The molecule has 0 spiro atoms. The van der Waals surface area contributed by atoms with Gasteiger partial charge in [0.25, 0.3) is 5.91 Å². The first-order valence-corrected chi connectivity index (χ1v) is 13.4. The molecule has 0 radical (unpaired) electrons. The number of thiocarbonyl (C=S) groups is 1. The van der Waals surface area contributed by atoms with Crippen molar-refractivity contribution in [2.75, 3.05) is 56.0 Å². The molecule has 0 saturated carbocycles. The molecule has 2 aliphatic rings. The van der Waals surface area contributed by atoms with Gasteiger partial charge in [0.05, 0.1) is 12.1 Å². The number of carbonyl (C=O) groups excluding carboxylic acids is 2. The number of piperazine rings is 1. The molecule has 36 heavy (non-hydrogen) atoms. The predicted octanol–water partition coefficient (Wildman–Crippen LogP) is 4.35. The van der Waals surface area contributed by atoms with Crippen LogP contribution in [0.1, 0.15) is 19.8 Å². The molecule has 1 unspecified atom stereocenters. The quantitative estimate of drug-likeness (QED) is 0.471. The van der Waals surface area contributed by atoms with Crippen LogP contribution in [0.25, 0.3) is 0 Å². The number of nitrogens with zero attached hydrogens (tertiary/aromatic N) is 4. The lowest BCUT2D eigenvalue weighted by atomic mass is 10.1. The number of hydrogen-bond acceptors (Lipinski definition) is 5. The van der Waals surface area contributed by atoms with Crippen molar-refractivity contribution in [2.24, 2.45) is 0 Å². The average Bonchev–Trinajstić information content (AvgIpc) is 3.10. The van der Waals surface area contributed by atoms with Crippen LogP contribution in [0.2, 0.25) is 10.0 Å². The van der Waals surface area contributed by atoms with Gasteiger partial charge in [-0.25, -0.2) is 0 Å². The van der Waals surface area contributed by atoms with Crippen molar-refractivity contribution in [3.8, 4) is 0 Å². The van der Waals surface area contributed by atoms with Gasteiger partial charge in [0.1, 0.15) is 6.04 Å². The van der Waals surface area contributed by atoms with Crippen LogP contribution in [-0.2, 0) is 9.59 Å². The summed E-state index contributed by atoms with van der Waals surface area (Å²) in [5, 5.41) is 4.45. The number of benzene rings is 2. The average molecular weight is 549 g/mol. The standard InChI is InChI=1S/C26H31Cl2N5O2S/c1-2-30-14-16-31(17-15-30)12-3-13-32-23(18-24(34)29-21-8-4-19(27)5-9-21)25(35)33(26(32)36)22-10-6-20(28)7-11-22/h4-11,23H,2-3,12-18H2,1H3,(H,29,34). The minimum Gasteiger partial charge on any atom is -0.336 e. The summed E-state index contributed by atoms with van der Waals surface area (Å²) in [5.41, 5.74) is 1.28. The summed E-state index contributed by atoms with van der Waals surface area (Å²) in [6.07, 6.45) is 0.851. The molecular formula is C26H31Cl2N5O2S. The summed E-state index contributed by atoms with van der Waals surface area (Å²) < 4.78 is 0. The lowest BCUT2D eigenvalue weighted by Crippen LogP contribution is -2.47. The van der Waals surface area contributed by atoms with Crippen LogP contribution >= 0.6 is 35.4 Å². The zero-order valence-electron chi connectivity index (χ0n) is 20.3. The lowest BCUT2D eigenvalue weighted by Gasteiger charge is -2.34. The first-order chi connectivity index (χ1) is 17.4. The van der Waals surface area contributed by atoms with E-state index in [0.29, 0.717) is 33.1 Å². The van der Waals surface area contributed by atoms with Crippen molar-refractivity contribution in [2.45, 2.75) is 25.8 Å². The van der Waals surface area contributed by atoms with E-state index < -0.39 is 6.04 Å². The minimum atomic E-state index is -0.669. The maximum atomic E-state index is 13.5. The Hall–Kier alpha value is -2.23. The maximum absolute atomic E-state index is 13.5. The minimum absolute atomic E-state index is 0.000857. The topological polar surface area (TPSA) is 59.1 Å². The third-order valence-corrected chi connectivity index (χ3v) is 7.62. The molecule has 0 aliphatic carbocycles. The Morgan fingerprint density at radius 1 is 0.944 bits per heavy atom. The van der Waals surface area contributed by atoms with Crippen molar-refractivity contribution in [1.29, 1.82) is 0 Å². The molecule has 2 amide bonds. The first kappa shape index (κ1) is 26.8. The Morgan fingerprint density at radius 2 is 1.53 bits per heavy atom. The van der Waals surface area contributed by atoms with Crippen LogP contribution < -0.4 is 10.2 Å². The molecule has 10 heteroatoms. The third-order valence-electron chi connectivity index (χ3n) is 6.70. The maximum Gasteiger partial charge on any atom is 0.256 e. The second kappa shape index (κ2) is 12.3. The highest BCUT2D eigenvalue weighted by Gasteiger charge is 2.43. The fourth-order valence-corrected chi connectivity index (χ4v) is 5.30. The Labute approximate surface area is 227 Å². The smallest absolute Gasteiger partial charge is 0.256 e. The third kappa shape index (κ3) is 6.55. The summed E-state index contributed by atoms with van der Waals surface area (Å²) in [4.78, 5) is 34.8. The Bertz CT molecular complexity index is 1070. The van der Waals surface area contributed by atoms with Crippen molar-refractivity contribution >= 4 is 63.7 Å². The molecule has 7 nitrogen and oxygen atoms in total. The molecule has 192 valence electrons. The van der Waals surface area contributed by atoms with Gasteiger partial charge in [0.2, 0.25) is 5.91 Å². The van der Waals surface area contributed by atoms with Crippen LogP contribution in [-0.4, -0.2) is 83.5 Å². The van der Waals surface area contributed by atoms with E-state index in [2.05, 4.69) is 22.0 Å². The lowest BCUT2D eigenvalue weighted by molar-refractivity contribution is -0.124. The predicted molar refractivity (Wildman–Crippen MR) is 150 cm³/mol. The number of anilines is 2. The van der Waals surface area contributed by atoms with Crippen LogP contribution in [0.3, 0.4) is 0 Å². The highest BCUT2D eigenvalue weighted by atomic mass is 35.5. The summed E-state index contributed by atoms with van der Waals surface area (Å²) in [6.45, 7) is 9.04. The zero-order valence-corrected chi connectivity index (χ0v) is 22.7. The molecule has 2 fully saturated rings. The molecule has 2 aliphatic heterocycles. The number of amides is 2. The van der Waals surface area contributed by atoms with E-state index in [1.165, 1.54) is 4.90 Å². The van der Waals surface area contributed by atoms with Gasteiger partial charge >= 0.3 is 0 Å². The molecule has 2 aromatic rings. The zero-order chi connectivity index (χ0) is 25.7. The Kier molecular flexibility index (Phi) is 9.19. The van der Waals surface area contributed by atoms with Gasteiger partial charge in [-0.2, -0.15) is 0 Å². The van der Waals surface area contributed by atoms with Gasteiger partial charge < -0.3 is 20.0 Å². The van der Waals surface area contributed by atoms with Gasteiger partial charge in [-0.3, -0.25) is 14.5 Å². The van der Waals surface area contributed by atoms with E-state index in [1.54, 1.807) is 48.5 Å². The highest BCUT2D eigenvalue weighted by molar-refractivity contribution is 7.80. The molecule has 0 aromatic heterocycles. The fourth-order valence-electron chi connectivity index (χ4n) is 4.63. The van der Waals surface area contributed by atoms with Gasteiger partial charge in [-0.1, -0.05) is 30.1 Å². The van der Waals surface area contributed by atoms with Crippen molar-refractivity contribution in [3.63, 3.8) is 0 Å². The van der Waals surface area contributed by atoms with Crippen LogP contribution in [0.5, 0.6) is 0 Å². The van der Waals surface area contributed by atoms with E-state index >= 15 is 0 Å². The van der Waals surface area contributed by atoms with Crippen LogP contribution in [0.15, 0.2) is 48.5 Å². The van der Waals surface area contributed by atoms with Crippen molar-refractivity contribution < 1.29 is 9.59 Å². The van der Waals surface area contributed by atoms with Crippen LogP contribution in [0.4, 0.5) is 11.4 Å². The van der Waals surface area contributed by atoms with E-state index in [-0.39, 0.29) is 18.2 Å². The molecule has 2 saturated heterocycles. The second-order valence-electron chi connectivity index (χ2n) is 9.03. The van der Waals surface area contributed by atoms with E-state index in [9.17, 15) is 9.59 Å². The van der Waals surface area contributed by atoms with Crippen LogP contribution in [0, 0.1) is 0 Å². The largest absolute Gasteiger partial charge is 0.336 e. The number of hydrogen-bond donors (Lipinski definition) is 1. The monoisotopic (exact) mass is 547 g/mol. The fraction of sp³-hybridized carbons (Fsp3) is 0.423. The number of rotatable bonds is 9. The molecule has 1 atom stereocenters.